The third-order valence-electron chi connectivity index (χ3n) is 4.98. The van der Waals surface area contributed by atoms with Crippen LogP contribution in [0.3, 0.4) is 0 Å². The van der Waals surface area contributed by atoms with Crippen molar-refractivity contribution in [1.29, 1.82) is 0 Å². The quantitative estimate of drug-likeness (QED) is 0.774. The number of likely N-dealkylation sites (N-methyl/N-ethyl adjacent to an activating group) is 1. The number of fused-ring (bicyclic) bond motifs is 2. The van der Waals surface area contributed by atoms with Gasteiger partial charge in [0.05, 0.1) is 0 Å². The second-order valence-corrected chi connectivity index (χ2v) is 6.35. The van der Waals surface area contributed by atoms with Crippen molar-refractivity contribution in [2.75, 3.05) is 39.8 Å². The summed E-state index contributed by atoms with van der Waals surface area (Å²) in [4.78, 5) is 5.18. The Bertz CT molecular complexity index is 250. The van der Waals surface area contributed by atoms with Crippen LogP contribution >= 0.6 is 0 Å². The summed E-state index contributed by atoms with van der Waals surface area (Å²) in [5.41, 5.74) is 0. The van der Waals surface area contributed by atoms with Gasteiger partial charge in [0.1, 0.15) is 0 Å². The zero-order valence-corrected chi connectivity index (χ0v) is 11.2. The first-order valence-electron chi connectivity index (χ1n) is 7.48. The Morgan fingerprint density at radius 2 is 2.06 bits per heavy atom. The van der Waals surface area contributed by atoms with Crippen molar-refractivity contribution >= 4 is 0 Å². The molecule has 3 heterocycles. The van der Waals surface area contributed by atoms with Crippen LogP contribution < -0.4 is 5.32 Å². The van der Waals surface area contributed by atoms with Gasteiger partial charge in [-0.3, -0.25) is 0 Å². The fraction of sp³-hybridized carbons (Fsp3) is 1.00. The summed E-state index contributed by atoms with van der Waals surface area (Å²) < 4.78 is 0. The lowest BCUT2D eigenvalue weighted by atomic mass is 9.89. The zero-order chi connectivity index (χ0) is 11.7. The molecule has 3 fully saturated rings. The average molecular weight is 237 g/mol. The maximum Gasteiger partial charge on any atom is 0.0111 e. The van der Waals surface area contributed by atoms with Gasteiger partial charge in [0.15, 0.2) is 0 Å². The molecular weight excluding hydrogens is 210 g/mol. The number of hydrogen-bond acceptors (Lipinski definition) is 3. The van der Waals surface area contributed by atoms with Crippen molar-refractivity contribution < 1.29 is 0 Å². The van der Waals surface area contributed by atoms with E-state index in [9.17, 15) is 0 Å². The minimum atomic E-state index is 0.842. The van der Waals surface area contributed by atoms with Crippen LogP contribution in [-0.2, 0) is 0 Å². The van der Waals surface area contributed by atoms with Crippen molar-refractivity contribution in [3.05, 3.63) is 0 Å². The molecule has 17 heavy (non-hydrogen) atoms. The van der Waals surface area contributed by atoms with Crippen LogP contribution in [0, 0.1) is 5.92 Å². The van der Waals surface area contributed by atoms with E-state index < -0.39 is 0 Å². The lowest BCUT2D eigenvalue weighted by Gasteiger charge is -2.27. The fourth-order valence-corrected chi connectivity index (χ4v) is 3.95. The van der Waals surface area contributed by atoms with E-state index in [2.05, 4.69) is 22.2 Å². The third kappa shape index (κ3) is 2.83. The Labute approximate surface area is 106 Å². The highest BCUT2D eigenvalue weighted by atomic mass is 15.2. The molecule has 3 nitrogen and oxygen atoms in total. The van der Waals surface area contributed by atoms with Gasteiger partial charge < -0.3 is 15.1 Å². The van der Waals surface area contributed by atoms with Gasteiger partial charge >= 0.3 is 0 Å². The lowest BCUT2D eigenvalue weighted by Crippen LogP contribution is -2.37. The van der Waals surface area contributed by atoms with E-state index in [-0.39, 0.29) is 0 Å². The van der Waals surface area contributed by atoms with E-state index in [1.165, 1.54) is 64.8 Å². The highest BCUT2D eigenvalue weighted by Gasteiger charge is 2.39. The van der Waals surface area contributed by atoms with E-state index in [1.54, 1.807) is 0 Å². The molecule has 3 rings (SSSR count). The maximum absolute atomic E-state index is 3.74. The molecule has 3 saturated heterocycles. The van der Waals surface area contributed by atoms with E-state index >= 15 is 0 Å². The second-order valence-electron chi connectivity index (χ2n) is 6.35. The van der Waals surface area contributed by atoms with E-state index in [4.69, 9.17) is 0 Å². The van der Waals surface area contributed by atoms with Gasteiger partial charge in [-0.25, -0.2) is 0 Å². The summed E-state index contributed by atoms with van der Waals surface area (Å²) in [6.45, 7) is 6.52. The molecule has 0 aromatic heterocycles. The summed E-state index contributed by atoms with van der Waals surface area (Å²) in [5.74, 6) is 0.928. The van der Waals surface area contributed by atoms with Crippen molar-refractivity contribution in [3.63, 3.8) is 0 Å². The van der Waals surface area contributed by atoms with Crippen LogP contribution in [0.2, 0.25) is 0 Å². The molecule has 0 aromatic carbocycles. The lowest BCUT2D eigenvalue weighted by molar-refractivity contribution is 0.216. The predicted octanol–water partition coefficient (Wildman–Crippen LogP) is 1.15. The Balaban J connectivity index is 1.36. The summed E-state index contributed by atoms with van der Waals surface area (Å²) in [6, 6.07) is 1.70. The zero-order valence-electron chi connectivity index (χ0n) is 11.2. The van der Waals surface area contributed by atoms with Crippen LogP contribution in [0.5, 0.6) is 0 Å². The standard InChI is InChI=1S/C14H27N3/c1-16(8-9-17-6-2-3-7-17)11-12-10-13-4-5-14(12)15-13/h12-15H,2-11H2,1H3. The largest absolute Gasteiger partial charge is 0.311 e. The van der Waals surface area contributed by atoms with Crippen LogP contribution in [0.15, 0.2) is 0 Å². The molecule has 3 heteroatoms. The van der Waals surface area contributed by atoms with Crippen molar-refractivity contribution in [1.82, 2.24) is 15.1 Å². The summed E-state index contributed by atoms with van der Waals surface area (Å²) in [5, 5.41) is 3.74. The van der Waals surface area contributed by atoms with Gasteiger partial charge in [-0.15, -0.1) is 0 Å². The van der Waals surface area contributed by atoms with Gasteiger partial charge in [-0.2, -0.15) is 0 Å². The van der Waals surface area contributed by atoms with Crippen LogP contribution in [0.1, 0.15) is 32.1 Å². The highest BCUT2D eigenvalue weighted by Crippen LogP contribution is 2.33. The molecule has 0 aromatic rings. The van der Waals surface area contributed by atoms with E-state index in [1.807, 2.05) is 0 Å². The Kier molecular flexibility index (Phi) is 3.69. The number of hydrogen-bond donors (Lipinski definition) is 1. The Morgan fingerprint density at radius 1 is 1.24 bits per heavy atom. The number of rotatable bonds is 5. The molecule has 0 spiro atoms. The number of likely N-dealkylation sites (tertiary alicyclic amines) is 1. The van der Waals surface area contributed by atoms with Crippen LogP contribution in [0.4, 0.5) is 0 Å². The molecule has 3 aliphatic rings. The molecule has 2 bridgehead atoms. The van der Waals surface area contributed by atoms with Gasteiger partial charge in [0.25, 0.3) is 0 Å². The SMILES string of the molecule is CN(CCN1CCCC1)CC1CC2CCC1N2. The van der Waals surface area contributed by atoms with Gasteiger partial charge in [-0.1, -0.05) is 0 Å². The van der Waals surface area contributed by atoms with Gasteiger partial charge in [0, 0.05) is 31.7 Å². The molecular formula is C14H27N3. The van der Waals surface area contributed by atoms with Crippen molar-refractivity contribution in [2.24, 2.45) is 5.92 Å². The number of nitrogens with zero attached hydrogens (tertiary/aromatic N) is 2. The summed E-state index contributed by atoms with van der Waals surface area (Å²) >= 11 is 0. The van der Waals surface area contributed by atoms with Gasteiger partial charge in [0.2, 0.25) is 0 Å². The van der Waals surface area contributed by atoms with E-state index in [0.29, 0.717) is 0 Å². The van der Waals surface area contributed by atoms with E-state index in [0.717, 1.165) is 18.0 Å². The molecule has 0 aliphatic carbocycles. The molecule has 3 atom stereocenters. The third-order valence-corrected chi connectivity index (χ3v) is 4.98. The molecule has 0 radical (unpaired) electrons. The van der Waals surface area contributed by atoms with Crippen LogP contribution in [0.25, 0.3) is 0 Å². The topological polar surface area (TPSA) is 18.5 Å². The normalized spacial score (nSPS) is 37.4. The average Bonchev–Trinajstić information content (AvgIpc) is 3.03. The molecule has 0 amide bonds. The maximum atomic E-state index is 3.74. The smallest absolute Gasteiger partial charge is 0.0111 e. The fourth-order valence-electron chi connectivity index (χ4n) is 3.95. The minimum Gasteiger partial charge on any atom is -0.311 e. The first kappa shape index (κ1) is 11.9. The Morgan fingerprint density at radius 3 is 2.71 bits per heavy atom. The second kappa shape index (κ2) is 5.25. The first-order valence-corrected chi connectivity index (χ1v) is 7.48. The van der Waals surface area contributed by atoms with Crippen molar-refractivity contribution in [2.45, 2.75) is 44.2 Å². The first-order chi connectivity index (χ1) is 8.31. The minimum absolute atomic E-state index is 0.842. The molecule has 3 aliphatic heterocycles. The predicted molar refractivity (Wildman–Crippen MR) is 71.2 cm³/mol. The molecule has 98 valence electrons. The Hall–Kier alpha value is -0.120. The number of nitrogens with one attached hydrogen (secondary N) is 1. The summed E-state index contributed by atoms with van der Waals surface area (Å²) in [6.07, 6.45) is 7.12. The monoisotopic (exact) mass is 237 g/mol. The van der Waals surface area contributed by atoms with Crippen LogP contribution in [-0.4, -0.2) is 61.7 Å². The summed E-state index contributed by atoms with van der Waals surface area (Å²) in [7, 11) is 2.31. The van der Waals surface area contributed by atoms with Crippen molar-refractivity contribution in [3.8, 4) is 0 Å². The molecule has 3 unspecified atom stereocenters. The highest BCUT2D eigenvalue weighted by molar-refractivity contribution is 4.98. The molecule has 0 saturated carbocycles. The molecule has 1 N–H and O–H groups in total. The van der Waals surface area contributed by atoms with Gasteiger partial charge in [-0.05, 0) is 58.2 Å².